The third-order valence-corrected chi connectivity index (χ3v) is 2.31. The number of aromatic amines is 1. The summed E-state index contributed by atoms with van der Waals surface area (Å²) in [7, 11) is 0. The molecule has 0 bridgehead atoms. The van der Waals surface area contributed by atoms with Gasteiger partial charge in [0, 0.05) is 10.2 Å². The number of halogens is 1. The maximum atomic E-state index is 11.1. The maximum Gasteiger partial charge on any atom is 0.256 e. The van der Waals surface area contributed by atoms with Crippen LogP contribution in [0, 0.1) is 0 Å². The fourth-order valence-electron chi connectivity index (χ4n) is 1.21. The van der Waals surface area contributed by atoms with Crippen LogP contribution in [0.15, 0.2) is 39.6 Å². The second-order valence-corrected chi connectivity index (χ2v) is 4.00. The Labute approximate surface area is 99.3 Å². The Morgan fingerprint density at radius 2 is 2.19 bits per heavy atom. The number of rotatable bonds is 2. The van der Waals surface area contributed by atoms with E-state index < -0.39 is 5.56 Å². The minimum absolute atomic E-state index is 0.197. The van der Waals surface area contributed by atoms with Crippen molar-refractivity contribution >= 4 is 27.6 Å². The van der Waals surface area contributed by atoms with Gasteiger partial charge in [0.2, 0.25) is 11.8 Å². The van der Waals surface area contributed by atoms with Crippen LogP contribution in [0.1, 0.15) is 0 Å². The van der Waals surface area contributed by atoms with Crippen LogP contribution in [0.25, 0.3) is 0 Å². The van der Waals surface area contributed by atoms with Crippen molar-refractivity contribution in [2.45, 2.75) is 0 Å². The number of hydrogen-bond donors (Lipinski definition) is 3. The maximum absolute atomic E-state index is 11.1. The molecule has 1 heterocycles. The van der Waals surface area contributed by atoms with Crippen molar-refractivity contribution in [1.29, 1.82) is 0 Å². The van der Waals surface area contributed by atoms with Crippen molar-refractivity contribution < 1.29 is 5.11 Å². The van der Waals surface area contributed by atoms with Crippen LogP contribution in [-0.4, -0.2) is 15.1 Å². The van der Waals surface area contributed by atoms with Crippen LogP contribution in [0.2, 0.25) is 0 Å². The number of benzene rings is 1. The third-order valence-electron chi connectivity index (χ3n) is 1.82. The fraction of sp³-hybridized carbons (Fsp3) is 0. The van der Waals surface area contributed by atoms with Gasteiger partial charge in [0.1, 0.15) is 0 Å². The highest BCUT2D eigenvalue weighted by molar-refractivity contribution is 9.10. The van der Waals surface area contributed by atoms with Crippen LogP contribution < -0.4 is 10.9 Å². The lowest BCUT2D eigenvalue weighted by atomic mass is 10.3. The van der Waals surface area contributed by atoms with Crippen LogP contribution >= 0.6 is 15.9 Å². The summed E-state index contributed by atoms with van der Waals surface area (Å²) in [4.78, 5) is 17.3. The van der Waals surface area contributed by atoms with Gasteiger partial charge in [-0.25, -0.2) is 0 Å². The number of anilines is 2. The minimum atomic E-state index is -0.412. The number of aromatic nitrogens is 2. The van der Waals surface area contributed by atoms with Gasteiger partial charge in [0.15, 0.2) is 0 Å². The highest BCUT2D eigenvalue weighted by Crippen LogP contribution is 2.18. The van der Waals surface area contributed by atoms with Gasteiger partial charge in [-0.2, -0.15) is 4.98 Å². The van der Waals surface area contributed by atoms with Crippen molar-refractivity contribution in [2.24, 2.45) is 0 Å². The Kier molecular flexibility index (Phi) is 2.91. The molecule has 0 saturated carbocycles. The van der Waals surface area contributed by atoms with Gasteiger partial charge in [0.25, 0.3) is 5.56 Å². The van der Waals surface area contributed by atoms with E-state index in [0.717, 1.165) is 16.2 Å². The van der Waals surface area contributed by atoms with E-state index >= 15 is 0 Å². The van der Waals surface area contributed by atoms with E-state index in [2.05, 4.69) is 31.2 Å². The lowest BCUT2D eigenvalue weighted by Gasteiger charge is -2.05. The molecule has 3 N–H and O–H groups in total. The first-order valence-corrected chi connectivity index (χ1v) is 5.26. The SMILES string of the molecule is O=c1cc(O)nc(Nc2cccc(Br)c2)[nH]1. The zero-order valence-electron chi connectivity index (χ0n) is 8.07. The third kappa shape index (κ3) is 2.60. The van der Waals surface area contributed by atoms with Gasteiger partial charge in [-0.05, 0) is 18.2 Å². The molecule has 0 radical (unpaired) electrons. The largest absolute Gasteiger partial charge is 0.493 e. The molecule has 0 aliphatic rings. The number of H-pyrrole nitrogens is 1. The molecule has 1 aromatic carbocycles. The van der Waals surface area contributed by atoms with E-state index in [4.69, 9.17) is 5.11 Å². The summed E-state index contributed by atoms with van der Waals surface area (Å²) >= 11 is 3.32. The second kappa shape index (κ2) is 4.36. The highest BCUT2D eigenvalue weighted by Gasteiger charge is 2.00. The van der Waals surface area contributed by atoms with Crippen molar-refractivity contribution in [2.75, 3.05) is 5.32 Å². The molecule has 0 unspecified atom stereocenters. The second-order valence-electron chi connectivity index (χ2n) is 3.09. The Morgan fingerprint density at radius 3 is 2.88 bits per heavy atom. The summed E-state index contributed by atoms with van der Waals surface area (Å²) in [6.07, 6.45) is 0. The summed E-state index contributed by atoms with van der Waals surface area (Å²) in [6.45, 7) is 0. The topological polar surface area (TPSA) is 78.0 Å². The van der Waals surface area contributed by atoms with Crippen molar-refractivity contribution in [3.8, 4) is 5.88 Å². The van der Waals surface area contributed by atoms with Gasteiger partial charge in [-0.15, -0.1) is 0 Å². The Hall–Kier alpha value is -1.82. The molecule has 0 aliphatic heterocycles. The first-order valence-electron chi connectivity index (χ1n) is 4.46. The van der Waals surface area contributed by atoms with Gasteiger partial charge in [-0.1, -0.05) is 22.0 Å². The van der Waals surface area contributed by atoms with Gasteiger partial charge in [-0.3, -0.25) is 9.78 Å². The average Bonchev–Trinajstić information content (AvgIpc) is 2.15. The summed E-state index contributed by atoms with van der Waals surface area (Å²) in [6, 6.07) is 8.36. The van der Waals surface area contributed by atoms with Gasteiger partial charge < -0.3 is 10.4 Å². The van der Waals surface area contributed by atoms with Crippen LogP contribution in [-0.2, 0) is 0 Å². The van der Waals surface area contributed by atoms with Crippen LogP contribution in [0.4, 0.5) is 11.6 Å². The smallest absolute Gasteiger partial charge is 0.256 e. The first-order chi connectivity index (χ1) is 7.63. The molecule has 6 heteroatoms. The van der Waals surface area contributed by atoms with Crippen molar-refractivity contribution in [1.82, 2.24) is 9.97 Å². The standard InChI is InChI=1S/C10H8BrN3O2/c11-6-2-1-3-7(4-6)12-10-13-8(15)5-9(16)14-10/h1-5H,(H3,12,13,14,15,16). The fourth-order valence-corrected chi connectivity index (χ4v) is 1.61. The average molecular weight is 282 g/mol. The molecule has 1 aromatic heterocycles. The number of nitrogens with one attached hydrogen (secondary N) is 2. The monoisotopic (exact) mass is 281 g/mol. The zero-order chi connectivity index (χ0) is 11.5. The Morgan fingerprint density at radius 1 is 1.38 bits per heavy atom. The van der Waals surface area contributed by atoms with E-state index in [1.165, 1.54) is 0 Å². The first kappa shape index (κ1) is 10.7. The molecule has 0 atom stereocenters. The molecular weight excluding hydrogens is 274 g/mol. The van der Waals surface area contributed by atoms with Gasteiger partial charge in [0.05, 0.1) is 6.07 Å². The van der Waals surface area contributed by atoms with Crippen LogP contribution in [0.5, 0.6) is 5.88 Å². The van der Waals surface area contributed by atoms with E-state index in [1.54, 1.807) is 0 Å². The minimum Gasteiger partial charge on any atom is -0.493 e. The van der Waals surface area contributed by atoms with Crippen LogP contribution in [0.3, 0.4) is 0 Å². The molecule has 2 rings (SSSR count). The summed E-state index contributed by atoms with van der Waals surface area (Å²) in [5.74, 6) is -0.121. The molecule has 0 saturated heterocycles. The zero-order valence-corrected chi connectivity index (χ0v) is 9.65. The number of nitrogens with zero attached hydrogens (tertiary/aromatic N) is 1. The van der Waals surface area contributed by atoms with E-state index in [0.29, 0.717) is 0 Å². The Balaban J connectivity index is 2.30. The predicted octanol–water partition coefficient (Wildman–Crippen LogP) is 1.98. The molecule has 5 nitrogen and oxygen atoms in total. The quantitative estimate of drug-likeness (QED) is 0.787. The lowest BCUT2D eigenvalue weighted by molar-refractivity contribution is 0.452. The lowest BCUT2D eigenvalue weighted by Crippen LogP contribution is -2.08. The number of hydrogen-bond acceptors (Lipinski definition) is 4. The summed E-state index contributed by atoms with van der Waals surface area (Å²) in [5.41, 5.74) is 0.341. The summed E-state index contributed by atoms with van der Waals surface area (Å²) < 4.78 is 0.903. The van der Waals surface area contributed by atoms with E-state index in [1.807, 2.05) is 24.3 Å². The molecule has 0 aliphatic carbocycles. The molecule has 16 heavy (non-hydrogen) atoms. The van der Waals surface area contributed by atoms with Crippen molar-refractivity contribution in [3.63, 3.8) is 0 Å². The molecular formula is C10H8BrN3O2. The molecule has 0 amide bonds. The van der Waals surface area contributed by atoms with Crippen molar-refractivity contribution in [3.05, 3.63) is 45.2 Å². The molecule has 0 spiro atoms. The van der Waals surface area contributed by atoms with E-state index in [9.17, 15) is 4.79 Å². The predicted molar refractivity (Wildman–Crippen MR) is 63.9 cm³/mol. The Bertz CT molecular complexity index is 568. The van der Waals surface area contributed by atoms with E-state index in [-0.39, 0.29) is 11.8 Å². The molecule has 2 aromatic rings. The molecule has 82 valence electrons. The normalized spacial score (nSPS) is 10.1. The number of aromatic hydroxyl groups is 1. The van der Waals surface area contributed by atoms with Gasteiger partial charge >= 0.3 is 0 Å². The highest BCUT2D eigenvalue weighted by atomic mass is 79.9. The molecule has 0 fully saturated rings. The summed E-state index contributed by atoms with van der Waals surface area (Å²) in [5, 5.41) is 12.0.